The van der Waals surface area contributed by atoms with Gasteiger partial charge in [0, 0.05) is 19.4 Å². The predicted octanol–water partition coefficient (Wildman–Crippen LogP) is 4.10. The third kappa shape index (κ3) is 6.54. The minimum atomic E-state index is -0.742. The number of carbonyl (C=O) groups excluding carboxylic acids is 2. The monoisotopic (exact) mass is 506 g/mol. The summed E-state index contributed by atoms with van der Waals surface area (Å²) in [4.78, 5) is 27.4. The van der Waals surface area contributed by atoms with Gasteiger partial charge in [-0.25, -0.2) is 9.48 Å². The molecule has 0 saturated carbocycles. The average Bonchev–Trinajstić information content (AvgIpc) is 3.41. The minimum Gasteiger partial charge on any atom is -0.497 e. The molecular formula is C28H34N4O5. The van der Waals surface area contributed by atoms with Crippen molar-refractivity contribution in [3.63, 3.8) is 0 Å². The molecule has 196 valence electrons. The number of likely N-dealkylation sites (tertiary alicyclic amines) is 1. The summed E-state index contributed by atoms with van der Waals surface area (Å²) in [7, 11) is 1.61. The second-order valence-electron chi connectivity index (χ2n) is 9.29. The van der Waals surface area contributed by atoms with E-state index < -0.39 is 18.1 Å². The molecule has 2 heterocycles. The highest BCUT2D eigenvalue weighted by molar-refractivity contribution is 5.89. The zero-order chi connectivity index (χ0) is 26.2. The first-order valence-electron chi connectivity index (χ1n) is 12.7. The van der Waals surface area contributed by atoms with Crippen molar-refractivity contribution in [3.05, 3.63) is 77.6 Å². The Kier molecular flexibility index (Phi) is 8.90. The molecular weight excluding hydrogens is 472 g/mol. The van der Waals surface area contributed by atoms with Crippen LogP contribution in [0.4, 0.5) is 0 Å². The van der Waals surface area contributed by atoms with E-state index >= 15 is 0 Å². The molecule has 0 radical (unpaired) electrons. The Morgan fingerprint density at radius 3 is 2.54 bits per heavy atom. The lowest BCUT2D eigenvalue weighted by molar-refractivity contribution is -0.139. The van der Waals surface area contributed by atoms with Crippen LogP contribution in [0.3, 0.4) is 0 Å². The van der Waals surface area contributed by atoms with E-state index in [0.29, 0.717) is 30.6 Å². The van der Waals surface area contributed by atoms with Crippen LogP contribution in [-0.4, -0.2) is 56.6 Å². The Morgan fingerprint density at radius 1 is 1.08 bits per heavy atom. The number of hydrogen-bond donors (Lipinski definition) is 1. The highest BCUT2D eigenvalue weighted by Crippen LogP contribution is 2.36. The van der Waals surface area contributed by atoms with Crippen LogP contribution < -0.4 is 4.74 Å². The third-order valence-electron chi connectivity index (χ3n) is 6.74. The predicted molar refractivity (Wildman–Crippen MR) is 137 cm³/mol. The molecule has 3 aromatic rings. The highest BCUT2D eigenvalue weighted by Gasteiger charge is 2.39. The van der Waals surface area contributed by atoms with E-state index in [0.717, 1.165) is 30.6 Å². The summed E-state index contributed by atoms with van der Waals surface area (Å²) in [6.07, 6.45) is 4.61. The molecule has 1 aliphatic heterocycles. The van der Waals surface area contributed by atoms with Crippen LogP contribution in [0.5, 0.6) is 5.75 Å². The summed E-state index contributed by atoms with van der Waals surface area (Å²) in [5.41, 5.74) is 1.88. The number of aromatic nitrogens is 3. The van der Waals surface area contributed by atoms with Gasteiger partial charge < -0.3 is 19.5 Å². The Morgan fingerprint density at radius 2 is 1.84 bits per heavy atom. The first-order chi connectivity index (χ1) is 18.0. The number of rotatable bonds is 10. The topological polar surface area (TPSA) is 107 Å². The number of amides is 1. The van der Waals surface area contributed by atoms with Crippen LogP contribution in [0.1, 0.15) is 72.7 Å². The quantitative estimate of drug-likeness (QED) is 0.326. The number of carbonyl (C=O) groups is 2. The maximum Gasteiger partial charge on any atom is 0.338 e. The van der Waals surface area contributed by atoms with Gasteiger partial charge in [0.1, 0.15) is 18.1 Å². The van der Waals surface area contributed by atoms with E-state index in [1.54, 1.807) is 42.3 Å². The molecule has 0 aliphatic carbocycles. The summed E-state index contributed by atoms with van der Waals surface area (Å²) < 4.78 is 12.2. The number of methoxy groups -OCH3 is 1. The van der Waals surface area contributed by atoms with Crippen molar-refractivity contribution in [3.8, 4) is 5.75 Å². The number of aliphatic hydroxyl groups is 1. The van der Waals surface area contributed by atoms with Gasteiger partial charge in [-0.1, -0.05) is 55.3 Å². The second kappa shape index (κ2) is 12.5. The molecule has 3 atom stereocenters. The van der Waals surface area contributed by atoms with Gasteiger partial charge in [-0.2, -0.15) is 0 Å². The van der Waals surface area contributed by atoms with Gasteiger partial charge in [-0.15, -0.1) is 5.10 Å². The zero-order valence-corrected chi connectivity index (χ0v) is 21.3. The average molecular weight is 507 g/mol. The lowest BCUT2D eigenvalue weighted by Gasteiger charge is -2.42. The fourth-order valence-corrected chi connectivity index (χ4v) is 4.65. The molecule has 1 aromatic heterocycles. The van der Waals surface area contributed by atoms with Gasteiger partial charge >= 0.3 is 5.97 Å². The molecule has 37 heavy (non-hydrogen) atoms. The van der Waals surface area contributed by atoms with E-state index in [1.807, 2.05) is 35.2 Å². The van der Waals surface area contributed by atoms with Gasteiger partial charge in [-0.05, 0) is 36.2 Å². The number of ether oxygens (including phenoxy) is 2. The molecule has 1 aliphatic rings. The van der Waals surface area contributed by atoms with Crippen LogP contribution in [0, 0.1) is 0 Å². The molecule has 1 fully saturated rings. The van der Waals surface area contributed by atoms with Crippen molar-refractivity contribution in [1.29, 1.82) is 0 Å². The van der Waals surface area contributed by atoms with Crippen molar-refractivity contribution >= 4 is 11.9 Å². The Hall–Kier alpha value is -3.72. The number of esters is 1. The maximum absolute atomic E-state index is 13.3. The molecule has 1 amide bonds. The summed E-state index contributed by atoms with van der Waals surface area (Å²) in [6, 6.07) is 15.6. The molecule has 4 rings (SSSR count). The normalized spacial score (nSPS) is 19.4. The van der Waals surface area contributed by atoms with Gasteiger partial charge in [0.05, 0.1) is 37.1 Å². The highest BCUT2D eigenvalue weighted by atomic mass is 16.5. The van der Waals surface area contributed by atoms with Crippen LogP contribution in [0.2, 0.25) is 0 Å². The van der Waals surface area contributed by atoms with Gasteiger partial charge in [0.2, 0.25) is 5.91 Å². The molecule has 9 nitrogen and oxygen atoms in total. The van der Waals surface area contributed by atoms with Gasteiger partial charge in [0.15, 0.2) is 0 Å². The Labute approximate surface area is 217 Å². The van der Waals surface area contributed by atoms with Gasteiger partial charge in [-0.3, -0.25) is 4.79 Å². The molecule has 1 N–H and O–H groups in total. The van der Waals surface area contributed by atoms with Crippen molar-refractivity contribution in [2.75, 3.05) is 13.7 Å². The molecule has 0 spiro atoms. The van der Waals surface area contributed by atoms with E-state index in [2.05, 4.69) is 17.2 Å². The summed E-state index contributed by atoms with van der Waals surface area (Å²) in [5.74, 6) is 0.351. The SMILES string of the molecule is CCCCCC(=O)N1C[C@@H](n2cc(COC(=O)c3ccccc3)nn2)[C@H](O)C[C@@H]1c1ccc(OC)cc1. The van der Waals surface area contributed by atoms with E-state index in [1.165, 1.54) is 0 Å². The molecule has 1 saturated heterocycles. The van der Waals surface area contributed by atoms with Crippen molar-refractivity contribution in [2.24, 2.45) is 0 Å². The fourth-order valence-electron chi connectivity index (χ4n) is 4.65. The molecule has 2 aromatic carbocycles. The van der Waals surface area contributed by atoms with E-state index in [4.69, 9.17) is 9.47 Å². The van der Waals surface area contributed by atoms with Crippen LogP contribution in [0.25, 0.3) is 0 Å². The van der Waals surface area contributed by atoms with Crippen LogP contribution >= 0.6 is 0 Å². The van der Waals surface area contributed by atoms with E-state index in [9.17, 15) is 14.7 Å². The number of benzene rings is 2. The number of unbranched alkanes of at least 4 members (excludes halogenated alkanes) is 2. The fraction of sp³-hybridized carbons (Fsp3) is 0.429. The summed E-state index contributed by atoms with van der Waals surface area (Å²) in [5, 5.41) is 19.4. The largest absolute Gasteiger partial charge is 0.497 e. The van der Waals surface area contributed by atoms with Crippen molar-refractivity contribution < 1.29 is 24.2 Å². The summed E-state index contributed by atoms with van der Waals surface area (Å²) >= 11 is 0. The molecule has 0 unspecified atom stereocenters. The van der Waals surface area contributed by atoms with Crippen molar-refractivity contribution in [2.45, 2.75) is 63.8 Å². The van der Waals surface area contributed by atoms with Crippen LogP contribution in [-0.2, 0) is 16.1 Å². The van der Waals surface area contributed by atoms with E-state index in [-0.39, 0.29) is 18.6 Å². The Bertz CT molecular complexity index is 1160. The minimum absolute atomic E-state index is 0.0370. The number of nitrogens with zero attached hydrogens (tertiary/aromatic N) is 4. The lowest BCUT2D eigenvalue weighted by Crippen LogP contribution is -2.48. The number of aliphatic hydroxyl groups excluding tert-OH is 1. The first-order valence-corrected chi connectivity index (χ1v) is 12.7. The third-order valence-corrected chi connectivity index (χ3v) is 6.74. The van der Waals surface area contributed by atoms with Gasteiger partial charge in [0.25, 0.3) is 0 Å². The van der Waals surface area contributed by atoms with Crippen LogP contribution in [0.15, 0.2) is 60.8 Å². The zero-order valence-electron chi connectivity index (χ0n) is 21.3. The summed E-state index contributed by atoms with van der Waals surface area (Å²) in [6.45, 7) is 2.37. The Balaban J connectivity index is 1.48. The smallest absolute Gasteiger partial charge is 0.338 e. The molecule has 0 bridgehead atoms. The van der Waals surface area contributed by atoms with Crippen molar-refractivity contribution in [1.82, 2.24) is 19.9 Å². The number of piperidine rings is 1. The first kappa shape index (κ1) is 26.3. The molecule has 9 heteroatoms. The second-order valence-corrected chi connectivity index (χ2v) is 9.29. The standard InChI is InChI=1S/C28H34N4O5/c1-3-4-6-11-27(34)31-18-25(26(33)16-24(31)20-12-14-23(36-2)15-13-20)32-17-22(29-30-32)19-37-28(35)21-9-7-5-8-10-21/h5,7-10,12-15,17,24-26,33H,3-4,6,11,16,18-19H2,1-2H3/t24-,25-,26-/m1/s1. The maximum atomic E-state index is 13.3. The number of hydrogen-bond acceptors (Lipinski definition) is 7. The lowest BCUT2D eigenvalue weighted by atomic mass is 9.90.